The third kappa shape index (κ3) is 2.94. The quantitative estimate of drug-likeness (QED) is 0.889. The lowest BCUT2D eigenvalue weighted by molar-refractivity contribution is 0.621. The van der Waals surface area contributed by atoms with Crippen molar-refractivity contribution in [2.75, 3.05) is 5.32 Å². The van der Waals surface area contributed by atoms with Gasteiger partial charge in [-0.2, -0.15) is 0 Å². The smallest absolute Gasteiger partial charge is 0.165 e. The Hall–Kier alpha value is -1.61. The van der Waals surface area contributed by atoms with E-state index in [9.17, 15) is 4.39 Å². The second kappa shape index (κ2) is 5.15. The zero-order valence-electron chi connectivity index (χ0n) is 9.32. The molecule has 2 nitrogen and oxygen atoms in total. The maximum atomic E-state index is 13.4. The van der Waals surface area contributed by atoms with Crippen molar-refractivity contribution in [3.8, 4) is 0 Å². The van der Waals surface area contributed by atoms with E-state index in [4.69, 9.17) is 11.6 Å². The Kier molecular flexibility index (Phi) is 3.59. The predicted octanol–water partition coefficient (Wildman–Crippen LogP) is 4.05. The van der Waals surface area contributed by atoms with Crippen molar-refractivity contribution < 1.29 is 4.39 Å². The van der Waals surface area contributed by atoms with Crippen LogP contribution in [-0.2, 0) is 0 Å². The Morgan fingerprint density at radius 1 is 1.29 bits per heavy atom. The summed E-state index contributed by atoms with van der Waals surface area (Å²) in [6.07, 6.45) is 1.55. The Labute approximate surface area is 104 Å². The molecule has 1 atom stereocenters. The molecule has 0 fully saturated rings. The molecule has 0 saturated carbocycles. The van der Waals surface area contributed by atoms with E-state index in [2.05, 4.69) is 10.3 Å². The average molecular weight is 251 g/mol. The number of aromatic nitrogens is 1. The largest absolute Gasteiger partial charge is 0.361 e. The van der Waals surface area contributed by atoms with Crippen LogP contribution in [0.3, 0.4) is 0 Å². The lowest BCUT2D eigenvalue weighted by Crippen LogP contribution is -2.09. The molecule has 2 rings (SSSR count). The minimum Gasteiger partial charge on any atom is -0.361 e. The van der Waals surface area contributed by atoms with Crippen molar-refractivity contribution in [2.24, 2.45) is 0 Å². The second-order valence-corrected chi connectivity index (χ2v) is 4.19. The van der Waals surface area contributed by atoms with E-state index in [-0.39, 0.29) is 17.7 Å². The molecule has 4 heteroatoms. The van der Waals surface area contributed by atoms with Gasteiger partial charge in [-0.05, 0) is 36.8 Å². The van der Waals surface area contributed by atoms with Gasteiger partial charge in [0.2, 0.25) is 0 Å². The van der Waals surface area contributed by atoms with Crippen molar-refractivity contribution in [1.82, 2.24) is 4.98 Å². The van der Waals surface area contributed by atoms with Crippen LogP contribution in [0.2, 0.25) is 5.02 Å². The van der Waals surface area contributed by atoms with E-state index in [0.29, 0.717) is 5.02 Å². The summed E-state index contributed by atoms with van der Waals surface area (Å²) in [6, 6.07) is 10.3. The number of halogens is 2. The monoisotopic (exact) mass is 250 g/mol. The normalized spacial score (nSPS) is 12.2. The van der Waals surface area contributed by atoms with E-state index in [0.717, 1.165) is 5.56 Å². The van der Waals surface area contributed by atoms with E-state index in [1.165, 1.54) is 6.07 Å². The van der Waals surface area contributed by atoms with Crippen LogP contribution in [0.15, 0.2) is 42.6 Å². The molecule has 1 heterocycles. The fraction of sp³-hybridized carbons (Fsp3) is 0.154. The van der Waals surface area contributed by atoms with Gasteiger partial charge in [-0.3, -0.25) is 0 Å². The van der Waals surface area contributed by atoms with Crippen LogP contribution in [0, 0.1) is 5.82 Å². The van der Waals surface area contributed by atoms with Crippen LogP contribution >= 0.6 is 11.6 Å². The summed E-state index contributed by atoms with van der Waals surface area (Å²) in [5.41, 5.74) is 0.988. The molecule has 88 valence electrons. The summed E-state index contributed by atoms with van der Waals surface area (Å²) in [5, 5.41) is 3.67. The highest BCUT2D eigenvalue weighted by Crippen LogP contribution is 2.21. The molecule has 0 aliphatic carbocycles. The van der Waals surface area contributed by atoms with Crippen LogP contribution in [0.5, 0.6) is 0 Å². The molecule has 0 amide bonds. The number of rotatable bonds is 3. The molecular weight excluding hydrogens is 239 g/mol. The highest BCUT2D eigenvalue weighted by Gasteiger charge is 2.09. The van der Waals surface area contributed by atoms with Gasteiger partial charge in [0.1, 0.15) is 0 Å². The Morgan fingerprint density at radius 3 is 2.82 bits per heavy atom. The fourth-order valence-corrected chi connectivity index (χ4v) is 1.75. The highest BCUT2D eigenvalue weighted by molar-refractivity contribution is 6.30. The van der Waals surface area contributed by atoms with Gasteiger partial charge < -0.3 is 5.32 Å². The molecule has 0 spiro atoms. The molecule has 17 heavy (non-hydrogen) atoms. The zero-order valence-corrected chi connectivity index (χ0v) is 10.1. The number of hydrogen-bond donors (Lipinski definition) is 1. The first-order chi connectivity index (χ1) is 8.16. The number of nitrogens with one attached hydrogen (secondary N) is 1. The highest BCUT2D eigenvalue weighted by atomic mass is 35.5. The molecule has 2 aromatic rings. The topological polar surface area (TPSA) is 24.9 Å². The first-order valence-corrected chi connectivity index (χ1v) is 5.67. The summed E-state index contributed by atoms with van der Waals surface area (Å²) in [7, 11) is 0. The summed E-state index contributed by atoms with van der Waals surface area (Å²) >= 11 is 5.91. The van der Waals surface area contributed by atoms with Crippen molar-refractivity contribution >= 4 is 17.4 Å². The molecule has 1 unspecified atom stereocenters. The van der Waals surface area contributed by atoms with E-state index < -0.39 is 0 Å². The maximum absolute atomic E-state index is 13.4. The Morgan fingerprint density at radius 2 is 2.12 bits per heavy atom. The van der Waals surface area contributed by atoms with Gasteiger partial charge in [0.25, 0.3) is 0 Å². The van der Waals surface area contributed by atoms with Crippen LogP contribution < -0.4 is 5.32 Å². The number of pyridine rings is 1. The molecule has 1 N–H and O–H groups in total. The summed E-state index contributed by atoms with van der Waals surface area (Å²) in [5.74, 6) is -0.110. The Balaban J connectivity index is 2.17. The fourth-order valence-electron chi connectivity index (χ4n) is 1.56. The number of nitrogens with zero attached hydrogens (tertiary/aromatic N) is 1. The van der Waals surface area contributed by atoms with Gasteiger partial charge in [-0.25, -0.2) is 9.37 Å². The van der Waals surface area contributed by atoms with Gasteiger partial charge in [-0.15, -0.1) is 0 Å². The second-order valence-electron chi connectivity index (χ2n) is 3.75. The maximum Gasteiger partial charge on any atom is 0.165 e. The van der Waals surface area contributed by atoms with E-state index in [1.807, 2.05) is 25.1 Å². The number of benzene rings is 1. The van der Waals surface area contributed by atoms with Crippen molar-refractivity contribution in [3.63, 3.8) is 0 Å². The van der Waals surface area contributed by atoms with Gasteiger partial charge in [0.15, 0.2) is 11.6 Å². The average Bonchev–Trinajstić information content (AvgIpc) is 2.32. The third-order valence-electron chi connectivity index (χ3n) is 2.46. The number of anilines is 1. The zero-order chi connectivity index (χ0) is 12.3. The molecular formula is C13H12ClFN2. The first-order valence-electron chi connectivity index (χ1n) is 5.29. The third-order valence-corrected chi connectivity index (χ3v) is 2.70. The lowest BCUT2D eigenvalue weighted by atomic mass is 10.1. The van der Waals surface area contributed by atoms with Crippen molar-refractivity contribution in [3.05, 3.63) is 59.0 Å². The first kappa shape index (κ1) is 11.9. The van der Waals surface area contributed by atoms with E-state index >= 15 is 0 Å². The lowest BCUT2D eigenvalue weighted by Gasteiger charge is -2.15. The molecule has 0 aliphatic heterocycles. The van der Waals surface area contributed by atoms with E-state index in [1.54, 1.807) is 18.3 Å². The van der Waals surface area contributed by atoms with Gasteiger partial charge >= 0.3 is 0 Å². The molecule has 1 aromatic carbocycles. The minimum absolute atomic E-state index is 0.0573. The molecule has 0 saturated heterocycles. The van der Waals surface area contributed by atoms with Crippen LogP contribution in [0.25, 0.3) is 0 Å². The SMILES string of the molecule is CC(Nc1ncccc1F)c1cccc(Cl)c1. The predicted molar refractivity (Wildman–Crippen MR) is 67.7 cm³/mol. The van der Waals surface area contributed by atoms with Crippen LogP contribution in [0.1, 0.15) is 18.5 Å². The molecule has 0 bridgehead atoms. The standard InChI is InChI=1S/C13H12ClFN2/c1-9(10-4-2-5-11(14)8-10)17-13-12(15)6-3-7-16-13/h2-9H,1H3,(H,16,17). The van der Waals surface area contributed by atoms with Gasteiger partial charge in [-0.1, -0.05) is 23.7 Å². The summed E-state index contributed by atoms with van der Waals surface area (Å²) in [4.78, 5) is 3.95. The Bertz CT molecular complexity index is 516. The van der Waals surface area contributed by atoms with Crippen LogP contribution in [-0.4, -0.2) is 4.98 Å². The molecule has 0 radical (unpaired) electrons. The minimum atomic E-state index is -0.360. The van der Waals surface area contributed by atoms with Gasteiger partial charge in [0, 0.05) is 11.2 Å². The van der Waals surface area contributed by atoms with Crippen molar-refractivity contribution in [2.45, 2.75) is 13.0 Å². The van der Waals surface area contributed by atoms with Gasteiger partial charge in [0.05, 0.1) is 6.04 Å². The van der Waals surface area contributed by atoms with Crippen molar-refractivity contribution in [1.29, 1.82) is 0 Å². The molecule has 1 aromatic heterocycles. The summed E-state index contributed by atoms with van der Waals surface area (Å²) in [6.45, 7) is 1.93. The molecule has 0 aliphatic rings. The summed E-state index contributed by atoms with van der Waals surface area (Å²) < 4.78 is 13.4. The number of hydrogen-bond acceptors (Lipinski definition) is 2. The van der Waals surface area contributed by atoms with Crippen LogP contribution in [0.4, 0.5) is 10.2 Å².